The minimum absolute atomic E-state index is 0.182. The van der Waals surface area contributed by atoms with Gasteiger partial charge in [0, 0.05) is 11.6 Å². The van der Waals surface area contributed by atoms with Gasteiger partial charge < -0.3 is 15.1 Å². The Balaban J connectivity index is 1.52. The molecule has 2 aromatic rings. The van der Waals surface area contributed by atoms with Crippen molar-refractivity contribution in [3.05, 3.63) is 63.6 Å². The lowest BCUT2D eigenvalue weighted by Crippen LogP contribution is -3.13. The molecule has 0 unspecified atom stereocenters. The summed E-state index contributed by atoms with van der Waals surface area (Å²) in [7, 11) is 0. The number of rotatable bonds is 3. The lowest BCUT2D eigenvalue weighted by Gasteiger charge is -2.34. The third kappa shape index (κ3) is 4.82. The van der Waals surface area contributed by atoms with Crippen molar-refractivity contribution in [2.24, 2.45) is 0 Å². The van der Waals surface area contributed by atoms with Crippen LogP contribution in [0, 0.1) is 11.6 Å². The van der Waals surface area contributed by atoms with Crippen LogP contribution in [0.5, 0.6) is 0 Å². The highest BCUT2D eigenvalue weighted by atomic mass is 35.5. The fourth-order valence-electron chi connectivity index (χ4n) is 2.93. The largest absolute Gasteiger partial charge is 0.338 e. The quantitative estimate of drug-likeness (QED) is 0.748. The highest BCUT2D eigenvalue weighted by Gasteiger charge is 2.22. The molecule has 0 spiro atoms. The standard InChI is InChI=1S/C18H17Cl2F2N3S/c19-14-3-1-12(9-15(14)20)11-24-5-7-25(8-6-24)18(26)23-17-4-2-13(21)10-16(17)22/h1-4,9-10H,5-8,11H2,(H,23,26)/p+1. The fraction of sp³-hybridized carbons (Fsp3) is 0.278. The second-order valence-corrected chi connectivity index (χ2v) is 7.42. The summed E-state index contributed by atoms with van der Waals surface area (Å²) in [5.41, 5.74) is 1.32. The Morgan fingerprint density at radius 1 is 1.08 bits per heavy atom. The molecule has 1 saturated heterocycles. The molecule has 0 amide bonds. The van der Waals surface area contributed by atoms with E-state index in [4.69, 9.17) is 35.4 Å². The molecule has 1 aliphatic heterocycles. The summed E-state index contributed by atoms with van der Waals surface area (Å²) in [5, 5.41) is 4.43. The summed E-state index contributed by atoms with van der Waals surface area (Å²) in [6.07, 6.45) is 0. The third-order valence-electron chi connectivity index (χ3n) is 4.37. The summed E-state index contributed by atoms with van der Waals surface area (Å²) in [6.45, 7) is 4.16. The normalized spacial score (nSPS) is 15.2. The second-order valence-electron chi connectivity index (χ2n) is 6.22. The van der Waals surface area contributed by atoms with Gasteiger partial charge in [0.1, 0.15) is 18.2 Å². The summed E-state index contributed by atoms with van der Waals surface area (Å²) in [4.78, 5) is 3.41. The molecule has 0 saturated carbocycles. The van der Waals surface area contributed by atoms with E-state index < -0.39 is 11.6 Å². The summed E-state index contributed by atoms with van der Waals surface area (Å²) in [5.74, 6) is -1.27. The molecular formula is C18H18Cl2F2N3S+. The molecule has 0 aromatic heterocycles. The van der Waals surface area contributed by atoms with Gasteiger partial charge in [-0.1, -0.05) is 29.3 Å². The summed E-state index contributed by atoms with van der Waals surface area (Å²) in [6, 6.07) is 9.08. The van der Waals surface area contributed by atoms with Crippen LogP contribution in [0.1, 0.15) is 5.56 Å². The van der Waals surface area contributed by atoms with Gasteiger partial charge in [0.15, 0.2) is 5.11 Å². The van der Waals surface area contributed by atoms with Crippen molar-refractivity contribution in [1.82, 2.24) is 4.90 Å². The fourth-order valence-corrected chi connectivity index (χ4v) is 3.54. The average Bonchev–Trinajstić information content (AvgIpc) is 2.61. The SMILES string of the molecule is Fc1ccc(NC(=S)N2CC[NH+](Cc3ccc(Cl)c(Cl)c3)CC2)c(F)c1. The zero-order valence-corrected chi connectivity index (χ0v) is 16.2. The van der Waals surface area contributed by atoms with Crippen molar-refractivity contribution in [1.29, 1.82) is 0 Å². The smallest absolute Gasteiger partial charge is 0.173 e. The van der Waals surface area contributed by atoms with Crippen molar-refractivity contribution in [3.8, 4) is 0 Å². The van der Waals surface area contributed by atoms with Gasteiger partial charge in [-0.2, -0.15) is 0 Å². The molecule has 2 aromatic carbocycles. The first-order valence-electron chi connectivity index (χ1n) is 8.21. The van der Waals surface area contributed by atoms with Crippen LogP contribution in [0.2, 0.25) is 10.0 Å². The van der Waals surface area contributed by atoms with E-state index in [0.717, 1.165) is 44.4 Å². The molecule has 8 heteroatoms. The van der Waals surface area contributed by atoms with Gasteiger partial charge in [0.25, 0.3) is 0 Å². The van der Waals surface area contributed by atoms with Crippen LogP contribution in [0.25, 0.3) is 0 Å². The predicted molar refractivity (Wildman–Crippen MR) is 105 cm³/mol. The molecule has 1 fully saturated rings. The van der Waals surface area contributed by atoms with Gasteiger partial charge in [0.2, 0.25) is 0 Å². The summed E-state index contributed by atoms with van der Waals surface area (Å²) >= 11 is 17.4. The van der Waals surface area contributed by atoms with Crippen LogP contribution in [-0.2, 0) is 6.54 Å². The van der Waals surface area contributed by atoms with Crippen LogP contribution in [0.3, 0.4) is 0 Å². The molecule has 26 heavy (non-hydrogen) atoms. The molecule has 0 bridgehead atoms. The van der Waals surface area contributed by atoms with Crippen LogP contribution >= 0.6 is 35.4 Å². The van der Waals surface area contributed by atoms with Crippen molar-refractivity contribution in [2.45, 2.75) is 6.54 Å². The van der Waals surface area contributed by atoms with E-state index in [1.165, 1.54) is 17.0 Å². The first-order chi connectivity index (χ1) is 12.4. The Bertz CT molecular complexity index is 811. The number of piperazine rings is 1. The number of nitrogens with one attached hydrogen (secondary N) is 2. The van der Waals surface area contributed by atoms with Gasteiger partial charge in [-0.05, 0) is 36.5 Å². The minimum atomic E-state index is -0.656. The minimum Gasteiger partial charge on any atom is -0.338 e. The van der Waals surface area contributed by atoms with Gasteiger partial charge in [-0.15, -0.1) is 0 Å². The molecule has 3 nitrogen and oxygen atoms in total. The third-order valence-corrected chi connectivity index (χ3v) is 5.47. The summed E-state index contributed by atoms with van der Waals surface area (Å²) < 4.78 is 26.7. The van der Waals surface area contributed by atoms with Crippen LogP contribution in [0.4, 0.5) is 14.5 Å². The van der Waals surface area contributed by atoms with Gasteiger partial charge in [-0.25, -0.2) is 8.78 Å². The highest BCUT2D eigenvalue weighted by Crippen LogP contribution is 2.22. The van der Waals surface area contributed by atoms with E-state index in [9.17, 15) is 8.78 Å². The Hall–Kier alpha value is -1.47. The average molecular weight is 417 g/mol. The van der Waals surface area contributed by atoms with Crippen LogP contribution in [0.15, 0.2) is 36.4 Å². The lowest BCUT2D eigenvalue weighted by molar-refractivity contribution is -0.917. The molecule has 3 rings (SSSR count). The molecule has 2 N–H and O–H groups in total. The number of halogens is 4. The van der Waals surface area contributed by atoms with Crippen molar-refractivity contribution >= 4 is 46.2 Å². The van der Waals surface area contributed by atoms with E-state index in [-0.39, 0.29) is 5.69 Å². The van der Waals surface area contributed by atoms with Crippen molar-refractivity contribution < 1.29 is 13.7 Å². The lowest BCUT2D eigenvalue weighted by atomic mass is 10.2. The first kappa shape index (κ1) is 19.3. The van der Waals surface area contributed by atoms with Gasteiger partial charge in [-0.3, -0.25) is 0 Å². The van der Waals surface area contributed by atoms with Crippen LogP contribution < -0.4 is 10.2 Å². The number of quaternary nitrogens is 1. The maximum Gasteiger partial charge on any atom is 0.173 e. The Labute approximate surface area is 166 Å². The Morgan fingerprint density at radius 3 is 2.46 bits per heavy atom. The van der Waals surface area contributed by atoms with E-state index in [1.807, 2.05) is 23.1 Å². The number of nitrogens with zero attached hydrogens (tertiary/aromatic N) is 1. The highest BCUT2D eigenvalue weighted by molar-refractivity contribution is 7.80. The Morgan fingerprint density at radius 2 is 1.81 bits per heavy atom. The van der Waals surface area contributed by atoms with E-state index in [1.54, 1.807) is 0 Å². The number of thiocarbonyl (C=S) groups is 1. The number of anilines is 1. The monoisotopic (exact) mass is 416 g/mol. The van der Waals surface area contributed by atoms with Crippen LogP contribution in [-0.4, -0.2) is 36.2 Å². The van der Waals surface area contributed by atoms with E-state index >= 15 is 0 Å². The molecule has 0 radical (unpaired) electrons. The Kier molecular flexibility index (Phi) is 6.29. The molecule has 1 heterocycles. The van der Waals surface area contributed by atoms with Crippen molar-refractivity contribution in [2.75, 3.05) is 31.5 Å². The second kappa shape index (κ2) is 8.48. The predicted octanol–water partition coefficient (Wildman–Crippen LogP) is 3.37. The first-order valence-corrected chi connectivity index (χ1v) is 9.37. The number of hydrogen-bond donors (Lipinski definition) is 2. The molecule has 0 atom stereocenters. The topological polar surface area (TPSA) is 19.7 Å². The van der Waals surface area contributed by atoms with Gasteiger partial charge >= 0.3 is 0 Å². The maximum atomic E-state index is 13.7. The molecular weight excluding hydrogens is 399 g/mol. The van der Waals surface area contributed by atoms with E-state index in [0.29, 0.717) is 15.2 Å². The zero-order chi connectivity index (χ0) is 18.7. The molecule has 0 aliphatic carbocycles. The zero-order valence-electron chi connectivity index (χ0n) is 13.9. The maximum absolute atomic E-state index is 13.7. The number of hydrogen-bond acceptors (Lipinski definition) is 1. The van der Waals surface area contributed by atoms with Crippen molar-refractivity contribution in [3.63, 3.8) is 0 Å². The van der Waals surface area contributed by atoms with E-state index in [2.05, 4.69) is 5.32 Å². The molecule has 138 valence electrons. The van der Waals surface area contributed by atoms with Gasteiger partial charge in [0.05, 0.1) is 41.9 Å². The number of benzene rings is 2. The molecule has 1 aliphatic rings.